The topological polar surface area (TPSA) is 109 Å². The van der Waals surface area contributed by atoms with Crippen LogP contribution >= 0.6 is 0 Å². The third-order valence-corrected chi connectivity index (χ3v) is 8.33. The van der Waals surface area contributed by atoms with E-state index in [1.807, 2.05) is 48.5 Å². The van der Waals surface area contributed by atoms with Crippen LogP contribution in [0.1, 0.15) is 16.8 Å². The van der Waals surface area contributed by atoms with Gasteiger partial charge < -0.3 is 20.2 Å². The molecule has 0 spiro atoms. The van der Waals surface area contributed by atoms with Crippen molar-refractivity contribution in [3.63, 3.8) is 0 Å². The first-order valence-electron chi connectivity index (χ1n) is 15.4. The molecule has 2 saturated heterocycles. The number of aromatic hydroxyl groups is 1. The average Bonchev–Trinajstić information content (AvgIpc) is 3.07. The average molecular weight is 635 g/mol. The van der Waals surface area contributed by atoms with Gasteiger partial charge in [0.25, 0.3) is 0 Å². The Balaban J connectivity index is 1.34. The van der Waals surface area contributed by atoms with Crippen molar-refractivity contribution in [2.75, 3.05) is 19.6 Å². The number of pyridine rings is 1. The van der Waals surface area contributed by atoms with E-state index in [9.17, 15) is 23.9 Å². The van der Waals surface area contributed by atoms with Gasteiger partial charge in [-0.05, 0) is 59.7 Å². The molecule has 10 nitrogen and oxygen atoms in total. The molecule has 0 bridgehead atoms. The number of piperazine rings is 1. The third kappa shape index (κ3) is 7.00. The number of hydrogen-bond donors (Lipinski definition) is 2. The fourth-order valence-corrected chi connectivity index (χ4v) is 6.10. The van der Waals surface area contributed by atoms with E-state index in [0.717, 1.165) is 16.7 Å². The highest BCUT2D eigenvalue weighted by Gasteiger charge is 2.51. The molecule has 2 N–H and O–H groups in total. The smallest absolute Gasteiger partial charge is 0.334 e. The lowest BCUT2D eigenvalue weighted by atomic mass is 9.98. The molecule has 2 fully saturated rings. The van der Waals surface area contributed by atoms with Crippen LogP contribution in [0.2, 0.25) is 0 Å². The van der Waals surface area contributed by atoms with Crippen LogP contribution in [0.3, 0.4) is 0 Å². The fraction of sp³-hybridized carbons (Fsp3) is 0.222. The lowest BCUT2D eigenvalue weighted by Gasteiger charge is -2.55. The number of nitrogens with one attached hydrogen (secondary N) is 1. The van der Waals surface area contributed by atoms with Crippen LogP contribution in [0.25, 0.3) is 11.3 Å². The maximum absolute atomic E-state index is 14.3. The molecule has 240 valence electrons. The predicted molar refractivity (Wildman–Crippen MR) is 174 cm³/mol. The number of amides is 4. The molecule has 3 heterocycles. The summed E-state index contributed by atoms with van der Waals surface area (Å²) in [5.41, 5.74) is 3.62. The molecule has 1 aromatic heterocycles. The molecule has 2 unspecified atom stereocenters. The van der Waals surface area contributed by atoms with Crippen molar-refractivity contribution in [3.05, 3.63) is 132 Å². The first kappa shape index (κ1) is 31.4. The number of phenols is 1. The molecule has 0 radical (unpaired) electrons. The molecule has 4 amide bonds. The van der Waals surface area contributed by atoms with Crippen LogP contribution in [0.15, 0.2) is 110 Å². The molecule has 47 heavy (non-hydrogen) atoms. The minimum Gasteiger partial charge on any atom is -0.508 e. The van der Waals surface area contributed by atoms with Crippen molar-refractivity contribution in [1.82, 2.24) is 30.1 Å². The molecule has 11 heteroatoms. The summed E-state index contributed by atoms with van der Waals surface area (Å²) >= 11 is 0. The molecular weight excluding hydrogens is 599 g/mol. The highest BCUT2D eigenvalue weighted by atomic mass is 19.1. The molecule has 0 saturated carbocycles. The minimum atomic E-state index is -0.915. The van der Waals surface area contributed by atoms with Gasteiger partial charge in [-0.1, -0.05) is 54.6 Å². The second-order valence-corrected chi connectivity index (χ2v) is 11.5. The zero-order valence-electron chi connectivity index (χ0n) is 25.7. The Kier molecular flexibility index (Phi) is 9.25. The highest BCUT2D eigenvalue weighted by Crippen LogP contribution is 2.30. The van der Waals surface area contributed by atoms with Crippen molar-refractivity contribution >= 4 is 17.8 Å². The zero-order valence-corrected chi connectivity index (χ0v) is 25.7. The first-order chi connectivity index (χ1) is 22.8. The number of fused-ring (bicyclic) bond motifs is 1. The summed E-state index contributed by atoms with van der Waals surface area (Å²) in [4.78, 5) is 49.9. The molecule has 2 aliphatic rings. The van der Waals surface area contributed by atoms with Gasteiger partial charge >= 0.3 is 6.03 Å². The van der Waals surface area contributed by atoms with Crippen LogP contribution in [0.4, 0.5) is 9.18 Å². The van der Waals surface area contributed by atoms with Crippen molar-refractivity contribution in [1.29, 1.82) is 0 Å². The lowest BCUT2D eigenvalue weighted by Crippen LogP contribution is -2.76. The fourth-order valence-electron chi connectivity index (χ4n) is 6.10. The lowest BCUT2D eigenvalue weighted by molar-refractivity contribution is -0.189. The molecular formula is C36H35FN6O4. The number of hydrogen-bond acceptors (Lipinski definition) is 6. The molecule has 3 aromatic carbocycles. The maximum atomic E-state index is 14.3. The van der Waals surface area contributed by atoms with Crippen LogP contribution in [-0.4, -0.2) is 79.6 Å². The van der Waals surface area contributed by atoms with E-state index < -0.39 is 18.2 Å². The number of urea groups is 1. The molecule has 0 aliphatic carbocycles. The number of phenolic OH excluding ortho intramolecular Hbond substituents is 1. The van der Waals surface area contributed by atoms with Crippen LogP contribution in [-0.2, 0) is 29.1 Å². The first-order valence-corrected chi connectivity index (χ1v) is 15.4. The van der Waals surface area contributed by atoms with Gasteiger partial charge in [-0.15, -0.1) is 6.58 Å². The van der Waals surface area contributed by atoms with E-state index in [-0.39, 0.29) is 62.5 Å². The Bertz CT molecular complexity index is 1750. The normalized spacial score (nSPS) is 18.2. The molecule has 4 aromatic rings. The number of rotatable bonds is 9. The van der Waals surface area contributed by atoms with Crippen LogP contribution < -0.4 is 5.32 Å². The van der Waals surface area contributed by atoms with Gasteiger partial charge in [0.2, 0.25) is 11.8 Å². The summed E-state index contributed by atoms with van der Waals surface area (Å²) < 4.78 is 13.6. The Hall–Kier alpha value is -5.55. The van der Waals surface area contributed by atoms with E-state index in [4.69, 9.17) is 4.98 Å². The van der Waals surface area contributed by atoms with Gasteiger partial charge in [0, 0.05) is 25.1 Å². The number of hydrazine groups is 1. The second-order valence-electron chi connectivity index (χ2n) is 11.5. The van der Waals surface area contributed by atoms with Crippen molar-refractivity contribution < 1.29 is 23.9 Å². The van der Waals surface area contributed by atoms with Gasteiger partial charge in [0.1, 0.15) is 23.8 Å². The van der Waals surface area contributed by atoms with E-state index in [1.165, 1.54) is 34.2 Å². The summed E-state index contributed by atoms with van der Waals surface area (Å²) in [6, 6.07) is 26.2. The predicted octanol–water partition coefficient (Wildman–Crippen LogP) is 4.33. The standard InChI is InChI=1S/C36H35FN6O4/c1-2-19-41-24-34(45)42-32(20-25-11-17-30(44)18-12-25)35(46)40(22-29-9-6-10-31(39-29)27-13-15-28(37)16-14-27)23-33(42)43(41)36(47)38-21-26-7-4-3-5-8-26/h2-18,32-33,44H,1,19-24H2,(H,38,47). The van der Waals surface area contributed by atoms with Gasteiger partial charge in [-0.3, -0.25) is 14.6 Å². The number of benzene rings is 3. The van der Waals surface area contributed by atoms with Gasteiger partial charge in [0.15, 0.2) is 0 Å². The zero-order chi connectivity index (χ0) is 32.9. The monoisotopic (exact) mass is 634 g/mol. The second kappa shape index (κ2) is 13.8. The van der Waals surface area contributed by atoms with E-state index >= 15 is 0 Å². The Morgan fingerprint density at radius 3 is 2.43 bits per heavy atom. The van der Waals surface area contributed by atoms with Gasteiger partial charge in [-0.25, -0.2) is 19.2 Å². The van der Waals surface area contributed by atoms with Crippen molar-refractivity contribution in [3.8, 4) is 17.0 Å². The van der Waals surface area contributed by atoms with E-state index in [0.29, 0.717) is 11.4 Å². The third-order valence-electron chi connectivity index (χ3n) is 8.33. The summed E-state index contributed by atoms with van der Waals surface area (Å²) in [5, 5.41) is 16.0. The Labute approximate surface area is 272 Å². The molecule has 2 aliphatic heterocycles. The molecule has 2 atom stereocenters. The number of halogens is 1. The SMILES string of the molecule is C=CCN1CC(=O)N2C(Cc3ccc(O)cc3)C(=O)N(Cc3cccc(-c4ccc(F)cc4)n3)CC2N1C(=O)NCc1ccccc1. The van der Waals surface area contributed by atoms with Crippen molar-refractivity contribution in [2.24, 2.45) is 0 Å². The summed E-state index contributed by atoms with van der Waals surface area (Å²) in [6.45, 7) is 4.41. The van der Waals surface area contributed by atoms with Crippen molar-refractivity contribution in [2.45, 2.75) is 31.7 Å². The number of carbonyl (C=O) groups is 3. The van der Waals surface area contributed by atoms with Gasteiger partial charge in [-0.2, -0.15) is 0 Å². The number of nitrogens with zero attached hydrogens (tertiary/aromatic N) is 5. The van der Waals surface area contributed by atoms with Gasteiger partial charge in [0.05, 0.1) is 31.0 Å². The summed E-state index contributed by atoms with van der Waals surface area (Å²) in [6.07, 6.45) is 0.999. The van der Waals surface area contributed by atoms with E-state index in [1.54, 1.807) is 40.3 Å². The van der Waals surface area contributed by atoms with E-state index in [2.05, 4.69) is 11.9 Å². The number of aromatic nitrogens is 1. The number of carbonyl (C=O) groups excluding carboxylic acids is 3. The molecule has 6 rings (SSSR count). The van der Waals surface area contributed by atoms with Crippen LogP contribution in [0.5, 0.6) is 5.75 Å². The minimum absolute atomic E-state index is 0.0471. The largest absolute Gasteiger partial charge is 0.508 e. The summed E-state index contributed by atoms with van der Waals surface area (Å²) in [7, 11) is 0. The Morgan fingerprint density at radius 1 is 0.957 bits per heavy atom. The Morgan fingerprint density at radius 2 is 1.70 bits per heavy atom. The summed E-state index contributed by atoms with van der Waals surface area (Å²) in [5.74, 6) is -0.820. The maximum Gasteiger partial charge on any atom is 0.334 e. The van der Waals surface area contributed by atoms with Crippen LogP contribution in [0, 0.1) is 5.82 Å². The highest BCUT2D eigenvalue weighted by molar-refractivity contribution is 5.91. The quantitative estimate of drug-likeness (QED) is 0.266.